The summed E-state index contributed by atoms with van der Waals surface area (Å²) in [5.74, 6) is 1.16. The Morgan fingerprint density at radius 3 is 1.37 bits per heavy atom. The zero-order valence-electron chi connectivity index (χ0n) is 46.0. The molecule has 4 aliphatic heterocycles. The van der Waals surface area contributed by atoms with Gasteiger partial charge in [-0.3, -0.25) is 4.79 Å². The van der Waals surface area contributed by atoms with Crippen molar-refractivity contribution in [1.82, 2.24) is 35.9 Å². The van der Waals surface area contributed by atoms with Crippen LogP contribution < -0.4 is 34.2 Å². The van der Waals surface area contributed by atoms with Gasteiger partial charge in [-0.25, -0.2) is 33.0 Å². The van der Waals surface area contributed by atoms with Crippen LogP contribution in [0.5, 0.6) is 0 Å². The summed E-state index contributed by atoms with van der Waals surface area (Å²) in [6.07, 6.45) is 41.4. The van der Waals surface area contributed by atoms with Crippen molar-refractivity contribution in [2.75, 3.05) is 12.3 Å². The largest absolute Gasteiger partial charge is 0.356 e. The maximum absolute atomic E-state index is 12.4. The van der Waals surface area contributed by atoms with E-state index in [2.05, 4.69) is 191 Å². The Balaban J connectivity index is 0.752. The Kier molecular flexibility index (Phi) is 16.8. The van der Waals surface area contributed by atoms with Crippen molar-refractivity contribution in [3.63, 3.8) is 0 Å². The highest BCUT2D eigenvalue weighted by Gasteiger charge is 2.42. The van der Waals surface area contributed by atoms with Gasteiger partial charge in [0.2, 0.25) is 5.91 Å². The van der Waals surface area contributed by atoms with E-state index in [1.165, 1.54) is 51.4 Å². The predicted octanol–water partition coefficient (Wildman–Crippen LogP) is 10.8. The molecule has 8 bridgehead atoms. The molecule has 14 heteroatoms. The number of unbranched alkanes of at least 4 members (excludes halogenated alkanes) is 10. The van der Waals surface area contributed by atoms with Crippen molar-refractivity contribution in [2.45, 2.75) is 114 Å². The number of carbonyl (C=O) groups excluding carboxylic acids is 2. The number of nitrogens with zero attached hydrogens (tertiary/aromatic N) is 6. The van der Waals surface area contributed by atoms with E-state index in [-0.39, 0.29) is 24.0 Å². The fourth-order valence-electron chi connectivity index (χ4n) is 11.6. The molecule has 79 heavy (non-hydrogen) atoms. The highest BCUT2D eigenvalue weighted by Crippen LogP contribution is 2.38. The molecule has 0 radical (unpaired) electrons. The molecule has 0 spiro atoms. The average Bonchev–Trinajstić information content (AvgIpc) is 4.52. The van der Waals surface area contributed by atoms with Gasteiger partial charge >= 0.3 is 6.03 Å². The number of H-pyrrole nitrogens is 2. The minimum Gasteiger partial charge on any atom is -0.356 e. The van der Waals surface area contributed by atoms with Gasteiger partial charge in [0.05, 0.1) is 34.9 Å². The second-order valence-corrected chi connectivity index (χ2v) is 23.1. The van der Waals surface area contributed by atoms with Crippen molar-refractivity contribution in [1.29, 1.82) is 0 Å². The van der Waals surface area contributed by atoms with Crippen LogP contribution in [0, 0.1) is 0 Å². The summed E-state index contributed by atoms with van der Waals surface area (Å²) in [6, 6.07) is 26.7. The average molecular weight is 1070 g/mol. The van der Waals surface area contributed by atoms with E-state index in [0.29, 0.717) is 11.7 Å². The number of aryl methyl sites for hydroxylation is 4. The molecule has 2 fully saturated rings. The Morgan fingerprint density at radius 2 is 0.924 bits per heavy atom. The third kappa shape index (κ3) is 12.8. The fourth-order valence-corrected chi connectivity index (χ4v) is 13.2. The van der Waals surface area contributed by atoms with Crippen molar-refractivity contribution >= 4 is 70.1 Å². The number of amides is 3. The summed E-state index contributed by atoms with van der Waals surface area (Å²) in [6.45, 7) is 1.76. The number of hydrogen-bond acceptors (Lipinski definition) is 5. The third-order valence-corrected chi connectivity index (χ3v) is 17.5. The van der Waals surface area contributed by atoms with Gasteiger partial charge in [-0.2, -0.15) is 11.8 Å². The molecular formula is C65H75N11O2S+4. The first-order valence-electron chi connectivity index (χ1n) is 28.7. The van der Waals surface area contributed by atoms with E-state index < -0.39 is 0 Å². The van der Waals surface area contributed by atoms with Crippen LogP contribution in [-0.4, -0.2) is 61.5 Å². The van der Waals surface area contributed by atoms with Crippen LogP contribution in [0.3, 0.4) is 0 Å². The monoisotopic (exact) mass is 1070 g/mol. The van der Waals surface area contributed by atoms with Crippen molar-refractivity contribution < 1.29 is 27.9 Å². The van der Waals surface area contributed by atoms with Gasteiger partial charge in [0.25, 0.3) is 0 Å². The van der Waals surface area contributed by atoms with Gasteiger partial charge in [-0.05, 0) is 96.5 Å². The number of pyridine rings is 4. The number of fused-ring (bicyclic) bond motifs is 9. The summed E-state index contributed by atoms with van der Waals surface area (Å²) >= 11 is 1.94. The second kappa shape index (κ2) is 25.0. The van der Waals surface area contributed by atoms with Crippen molar-refractivity contribution in [3.05, 3.63) is 145 Å². The van der Waals surface area contributed by atoms with Crippen LogP contribution in [0.4, 0.5) is 4.79 Å². The molecular weight excluding hydrogens is 999 g/mol. The molecule has 404 valence electrons. The lowest BCUT2D eigenvalue weighted by atomic mass is 10.0. The lowest BCUT2D eigenvalue weighted by Gasteiger charge is -2.16. The molecule has 0 aromatic carbocycles. The highest BCUT2D eigenvalue weighted by atomic mass is 32.2. The standard InChI is InChI=1S/C65H72N11O2S/c1-73-36-26-45(27-37-73)60-49-18-20-51(67-49)61(46-28-38-74(2)39-29-46)53-22-24-55(69-53)63(56-25-23-54(70-56)62(52-21-19-50(60)68-52)47-30-40-75(3)41-31-47)48-32-42-76(43-33-48)35-15-11-9-7-5-4-6-8-10-14-34-66-59(77)17-13-12-16-58-64-57(44-79-58)71-65(78)72-64/h18-33,36-43,57-58,64H,4-17,34-35,44H2,1-3H3,(H2-2,66,67,68,69,70,71,72,77,78)/q+1/p+3/t57-,58-,64-/m0/s1. The summed E-state index contributed by atoms with van der Waals surface area (Å²) in [5, 5.41) is 9.65. The Hall–Kier alpha value is -7.71. The Labute approximate surface area is 468 Å². The number of nitrogens with one attached hydrogen (secondary N) is 5. The summed E-state index contributed by atoms with van der Waals surface area (Å²) < 4.78 is 8.50. The summed E-state index contributed by atoms with van der Waals surface area (Å²) in [5.41, 5.74) is 15.9. The number of carbonyl (C=O) groups is 2. The molecule has 3 amide bonds. The van der Waals surface area contributed by atoms with Gasteiger partial charge in [-0.15, -0.1) is 0 Å². The molecule has 13 nitrogen and oxygen atoms in total. The Morgan fingerprint density at radius 1 is 0.519 bits per heavy atom. The minimum atomic E-state index is -0.0355. The lowest BCUT2D eigenvalue weighted by molar-refractivity contribution is -0.697. The van der Waals surface area contributed by atoms with Crippen LogP contribution in [0.2, 0.25) is 0 Å². The van der Waals surface area contributed by atoms with Gasteiger partial charge < -0.3 is 25.9 Å². The first kappa shape index (κ1) is 53.3. The maximum Gasteiger partial charge on any atom is 0.315 e. The first-order valence-corrected chi connectivity index (χ1v) is 29.7. The maximum atomic E-state index is 12.4. The number of hydrogen-bond donors (Lipinski definition) is 5. The van der Waals surface area contributed by atoms with E-state index in [0.717, 1.165) is 140 Å². The molecule has 5 N–H and O–H groups in total. The zero-order valence-corrected chi connectivity index (χ0v) is 46.8. The van der Waals surface area contributed by atoms with Crippen molar-refractivity contribution in [3.8, 4) is 44.5 Å². The SMILES string of the molecule is C[n+]1ccc(-c2c3nc(c(-c4cc[n+](C)cc4)c4ccc([nH]4)c(-c4cc[n+](CCCCCCCCCCCCNC(=O)CCCC[C@@H]5SC[C@@H]6NC(=O)N[C@@H]65)cc4)c4nc(c(-c5cc[n+](C)cc5)c5ccc2[nH]5)C=C4)C=C3)cc1. The molecule has 0 unspecified atom stereocenters. The molecule has 3 atom stereocenters. The van der Waals surface area contributed by atoms with E-state index in [4.69, 9.17) is 9.97 Å². The second-order valence-electron chi connectivity index (χ2n) is 21.8. The third-order valence-electron chi connectivity index (χ3n) is 16.0. The molecule has 11 rings (SSSR count). The molecule has 7 aromatic rings. The van der Waals surface area contributed by atoms with Crippen LogP contribution in [0.25, 0.3) is 90.9 Å². The highest BCUT2D eigenvalue weighted by molar-refractivity contribution is 8.00. The number of rotatable bonds is 22. The number of urea groups is 1. The Bertz CT molecular complexity index is 3490. The predicted molar refractivity (Wildman–Crippen MR) is 317 cm³/mol. The number of thioether (sulfide) groups is 1. The van der Waals surface area contributed by atoms with Crippen molar-refractivity contribution in [2.24, 2.45) is 21.1 Å². The van der Waals surface area contributed by atoms with Crippen LogP contribution in [0.15, 0.2) is 122 Å². The van der Waals surface area contributed by atoms with E-state index in [9.17, 15) is 9.59 Å². The van der Waals surface area contributed by atoms with Gasteiger partial charge in [0, 0.05) is 123 Å². The smallest absolute Gasteiger partial charge is 0.315 e. The van der Waals surface area contributed by atoms with Crippen LogP contribution >= 0.6 is 11.8 Å². The minimum absolute atomic E-state index is 0.0355. The first-order chi connectivity index (χ1) is 38.7. The lowest BCUT2D eigenvalue weighted by Crippen LogP contribution is -2.36. The van der Waals surface area contributed by atoms with E-state index in [1.807, 2.05) is 32.9 Å². The van der Waals surface area contributed by atoms with Gasteiger partial charge in [0.1, 0.15) is 27.7 Å². The normalized spacial score (nSPS) is 16.3. The number of aromatic amines is 2. The van der Waals surface area contributed by atoms with Gasteiger partial charge in [0.15, 0.2) is 49.6 Å². The molecule has 7 aromatic heterocycles. The molecule has 0 aliphatic carbocycles. The van der Waals surface area contributed by atoms with Crippen LogP contribution in [0.1, 0.15) is 113 Å². The molecule has 11 heterocycles. The van der Waals surface area contributed by atoms with E-state index in [1.54, 1.807) is 0 Å². The molecule has 4 aliphatic rings. The topological polar surface area (TPSA) is 143 Å². The fraction of sp³-hybridized carbons (Fsp3) is 0.354. The quantitative estimate of drug-likeness (QED) is 0.0261. The van der Waals surface area contributed by atoms with Crippen LogP contribution in [-0.2, 0) is 32.5 Å². The van der Waals surface area contributed by atoms with Gasteiger partial charge in [-0.1, -0.05) is 51.4 Å². The summed E-state index contributed by atoms with van der Waals surface area (Å²) in [4.78, 5) is 42.8. The number of aromatic nitrogens is 8. The summed E-state index contributed by atoms with van der Waals surface area (Å²) in [7, 11) is 6.13. The van der Waals surface area contributed by atoms with E-state index >= 15 is 0 Å². The molecule has 2 saturated heterocycles. The molecule has 0 saturated carbocycles. The zero-order chi connectivity index (χ0) is 54.1.